The van der Waals surface area contributed by atoms with E-state index in [2.05, 4.69) is 46.4 Å². The average molecular weight is 339 g/mol. The molecule has 1 heterocycles. The van der Waals surface area contributed by atoms with Gasteiger partial charge in [-0.3, -0.25) is 4.79 Å². The number of nitrogens with zero attached hydrogens (tertiary/aromatic N) is 2. The topological polar surface area (TPSA) is 55.8 Å². The molecule has 1 atom stereocenters. The Bertz CT molecular complexity index is 722. The summed E-state index contributed by atoms with van der Waals surface area (Å²) >= 11 is 0. The maximum Gasteiger partial charge on any atom is 0.255 e. The van der Waals surface area contributed by atoms with E-state index in [1.54, 1.807) is 18.2 Å². The Labute approximate surface area is 148 Å². The third kappa shape index (κ3) is 4.12. The third-order valence-corrected chi connectivity index (χ3v) is 4.76. The summed E-state index contributed by atoms with van der Waals surface area (Å²) < 4.78 is 0. The first-order valence-corrected chi connectivity index (χ1v) is 8.67. The number of para-hydroxylation sites is 1. The van der Waals surface area contributed by atoms with Crippen LogP contribution in [0.3, 0.4) is 0 Å². The molecule has 5 heteroatoms. The van der Waals surface area contributed by atoms with E-state index in [9.17, 15) is 9.90 Å². The number of hydrogen-bond donors (Lipinski definition) is 2. The number of nitrogens with one attached hydrogen (secondary N) is 1. The van der Waals surface area contributed by atoms with Crippen LogP contribution in [0.5, 0.6) is 5.75 Å². The van der Waals surface area contributed by atoms with Crippen LogP contribution in [0.25, 0.3) is 0 Å². The van der Waals surface area contributed by atoms with Gasteiger partial charge in [0.05, 0.1) is 11.6 Å². The molecule has 1 amide bonds. The van der Waals surface area contributed by atoms with Crippen molar-refractivity contribution in [3.05, 3.63) is 59.7 Å². The minimum atomic E-state index is -0.270. The maximum absolute atomic E-state index is 12.3. The summed E-state index contributed by atoms with van der Waals surface area (Å²) in [5.41, 5.74) is 2.56. The zero-order chi connectivity index (χ0) is 17.8. The quantitative estimate of drug-likeness (QED) is 0.899. The molecular formula is C20H25N3O2. The SMILES string of the molecule is C[C@H](NC(=O)c1ccccc1O)c1ccc(N2CCN(C)CC2)cc1. The van der Waals surface area contributed by atoms with E-state index < -0.39 is 0 Å². The van der Waals surface area contributed by atoms with Crippen LogP contribution in [0.4, 0.5) is 5.69 Å². The summed E-state index contributed by atoms with van der Waals surface area (Å²) in [7, 11) is 2.15. The molecule has 0 aromatic heterocycles. The molecule has 1 aliphatic rings. The second-order valence-electron chi connectivity index (χ2n) is 6.59. The van der Waals surface area contributed by atoms with Crippen molar-refractivity contribution in [2.45, 2.75) is 13.0 Å². The van der Waals surface area contributed by atoms with E-state index in [1.807, 2.05) is 6.92 Å². The number of amides is 1. The van der Waals surface area contributed by atoms with Crippen molar-refractivity contribution < 1.29 is 9.90 Å². The van der Waals surface area contributed by atoms with Gasteiger partial charge >= 0.3 is 0 Å². The summed E-state index contributed by atoms with van der Waals surface area (Å²) in [5.74, 6) is -0.272. The molecule has 1 saturated heterocycles. The minimum Gasteiger partial charge on any atom is -0.507 e. The highest BCUT2D eigenvalue weighted by Crippen LogP contribution is 2.22. The Morgan fingerprint density at radius 1 is 1.04 bits per heavy atom. The van der Waals surface area contributed by atoms with Crippen molar-refractivity contribution in [2.24, 2.45) is 0 Å². The van der Waals surface area contributed by atoms with Gasteiger partial charge in [-0.1, -0.05) is 24.3 Å². The zero-order valence-corrected chi connectivity index (χ0v) is 14.8. The van der Waals surface area contributed by atoms with E-state index in [1.165, 1.54) is 11.8 Å². The van der Waals surface area contributed by atoms with E-state index >= 15 is 0 Å². The van der Waals surface area contributed by atoms with Crippen molar-refractivity contribution in [3.63, 3.8) is 0 Å². The summed E-state index contributed by atoms with van der Waals surface area (Å²) in [4.78, 5) is 17.0. The predicted molar refractivity (Wildman–Crippen MR) is 100 cm³/mol. The first-order valence-electron chi connectivity index (χ1n) is 8.67. The maximum atomic E-state index is 12.3. The van der Waals surface area contributed by atoms with Crippen molar-refractivity contribution in [3.8, 4) is 5.75 Å². The molecule has 1 aliphatic heterocycles. The fourth-order valence-corrected chi connectivity index (χ4v) is 3.06. The van der Waals surface area contributed by atoms with Crippen LogP contribution in [-0.2, 0) is 0 Å². The number of anilines is 1. The standard InChI is InChI=1S/C20H25N3O2/c1-15(21-20(25)18-5-3-4-6-19(18)24)16-7-9-17(10-8-16)23-13-11-22(2)12-14-23/h3-10,15,24H,11-14H2,1-2H3,(H,21,25)/t15-/m0/s1. The molecular weight excluding hydrogens is 314 g/mol. The van der Waals surface area contributed by atoms with Crippen molar-refractivity contribution >= 4 is 11.6 Å². The highest BCUT2D eigenvalue weighted by atomic mass is 16.3. The van der Waals surface area contributed by atoms with Gasteiger partial charge in [-0.2, -0.15) is 0 Å². The molecule has 0 saturated carbocycles. The summed E-state index contributed by atoms with van der Waals surface area (Å²) in [6.07, 6.45) is 0. The second kappa shape index (κ2) is 7.57. The molecule has 2 aromatic carbocycles. The number of hydrogen-bond acceptors (Lipinski definition) is 4. The number of likely N-dealkylation sites (N-methyl/N-ethyl adjacent to an activating group) is 1. The summed E-state index contributed by atoms with van der Waals surface area (Å²) in [6, 6.07) is 14.8. The normalized spacial score (nSPS) is 16.5. The van der Waals surface area contributed by atoms with Crippen LogP contribution >= 0.6 is 0 Å². The molecule has 5 nitrogen and oxygen atoms in total. The monoisotopic (exact) mass is 339 g/mol. The lowest BCUT2D eigenvalue weighted by Gasteiger charge is -2.34. The summed E-state index contributed by atoms with van der Waals surface area (Å²) in [5, 5.41) is 12.7. The Morgan fingerprint density at radius 2 is 1.68 bits per heavy atom. The molecule has 1 fully saturated rings. The van der Waals surface area contributed by atoms with Gasteiger partial charge in [0.25, 0.3) is 5.91 Å². The number of phenolic OH excluding ortho intramolecular Hbond substituents is 1. The average Bonchev–Trinajstić information content (AvgIpc) is 2.63. The Morgan fingerprint density at radius 3 is 2.32 bits per heavy atom. The van der Waals surface area contributed by atoms with Gasteiger partial charge in [-0.15, -0.1) is 0 Å². The molecule has 0 bridgehead atoms. The number of carbonyl (C=O) groups is 1. The van der Waals surface area contributed by atoms with Crippen LogP contribution in [0.1, 0.15) is 28.9 Å². The highest BCUT2D eigenvalue weighted by Gasteiger charge is 2.16. The van der Waals surface area contributed by atoms with Gasteiger partial charge < -0.3 is 20.2 Å². The van der Waals surface area contributed by atoms with Gasteiger partial charge in [-0.05, 0) is 43.8 Å². The van der Waals surface area contributed by atoms with Crippen LogP contribution in [0, 0.1) is 0 Å². The van der Waals surface area contributed by atoms with Gasteiger partial charge in [0.2, 0.25) is 0 Å². The fourth-order valence-electron chi connectivity index (χ4n) is 3.06. The van der Waals surface area contributed by atoms with Crippen LogP contribution in [0.15, 0.2) is 48.5 Å². The smallest absolute Gasteiger partial charge is 0.255 e. The lowest BCUT2D eigenvalue weighted by molar-refractivity contribution is 0.0937. The molecule has 0 aliphatic carbocycles. The van der Waals surface area contributed by atoms with Crippen LogP contribution < -0.4 is 10.2 Å². The van der Waals surface area contributed by atoms with Crippen molar-refractivity contribution in [2.75, 3.05) is 38.1 Å². The van der Waals surface area contributed by atoms with E-state index in [0.29, 0.717) is 5.56 Å². The number of benzene rings is 2. The van der Waals surface area contributed by atoms with Gasteiger partial charge in [0, 0.05) is 31.9 Å². The first kappa shape index (κ1) is 17.3. The molecule has 2 aromatic rings. The molecule has 3 rings (SSSR count). The van der Waals surface area contributed by atoms with Crippen molar-refractivity contribution in [1.29, 1.82) is 0 Å². The number of rotatable bonds is 4. The zero-order valence-electron chi connectivity index (χ0n) is 14.8. The van der Waals surface area contributed by atoms with Gasteiger partial charge in [0.15, 0.2) is 0 Å². The molecule has 25 heavy (non-hydrogen) atoms. The number of piperazine rings is 1. The van der Waals surface area contributed by atoms with Crippen molar-refractivity contribution in [1.82, 2.24) is 10.2 Å². The van der Waals surface area contributed by atoms with E-state index in [-0.39, 0.29) is 17.7 Å². The Kier molecular flexibility index (Phi) is 5.24. The highest BCUT2D eigenvalue weighted by molar-refractivity contribution is 5.96. The molecule has 0 unspecified atom stereocenters. The predicted octanol–water partition coefficient (Wildman–Crippen LogP) is 2.64. The Hall–Kier alpha value is -2.53. The largest absolute Gasteiger partial charge is 0.507 e. The molecule has 0 spiro atoms. The number of aromatic hydroxyl groups is 1. The van der Waals surface area contributed by atoms with E-state index in [0.717, 1.165) is 31.7 Å². The second-order valence-corrected chi connectivity index (χ2v) is 6.59. The van der Waals surface area contributed by atoms with Gasteiger partial charge in [0.1, 0.15) is 5.75 Å². The molecule has 0 radical (unpaired) electrons. The van der Waals surface area contributed by atoms with Crippen LogP contribution in [-0.4, -0.2) is 49.1 Å². The molecule has 132 valence electrons. The number of phenols is 1. The first-order chi connectivity index (χ1) is 12.0. The lowest BCUT2D eigenvalue weighted by atomic mass is 10.1. The fraction of sp³-hybridized carbons (Fsp3) is 0.350. The molecule has 2 N–H and O–H groups in total. The third-order valence-electron chi connectivity index (χ3n) is 4.76. The van der Waals surface area contributed by atoms with Gasteiger partial charge in [-0.25, -0.2) is 0 Å². The Balaban J connectivity index is 1.64. The number of carbonyl (C=O) groups excluding carboxylic acids is 1. The summed E-state index contributed by atoms with van der Waals surface area (Å²) in [6.45, 7) is 6.18. The van der Waals surface area contributed by atoms with E-state index in [4.69, 9.17) is 0 Å². The lowest BCUT2D eigenvalue weighted by Crippen LogP contribution is -2.44. The minimum absolute atomic E-state index is 0.00221. The van der Waals surface area contributed by atoms with Crippen LogP contribution in [0.2, 0.25) is 0 Å².